The van der Waals surface area contributed by atoms with Crippen molar-refractivity contribution in [3.63, 3.8) is 0 Å². The third kappa shape index (κ3) is 2.90. The fourth-order valence-electron chi connectivity index (χ4n) is 3.33. The van der Waals surface area contributed by atoms with E-state index in [1.165, 1.54) is 0 Å². The minimum absolute atomic E-state index is 0.207. The van der Waals surface area contributed by atoms with E-state index in [1.54, 1.807) is 6.20 Å². The number of anilines is 2. The van der Waals surface area contributed by atoms with Crippen molar-refractivity contribution < 1.29 is 5.11 Å². The fraction of sp³-hybridized carbons (Fsp3) is 0.353. The van der Waals surface area contributed by atoms with Gasteiger partial charge in [0.15, 0.2) is 0 Å². The molecule has 2 unspecified atom stereocenters. The topological polar surface area (TPSA) is 113 Å². The molecule has 0 radical (unpaired) electrons. The highest BCUT2D eigenvalue weighted by Crippen LogP contribution is 2.29. The van der Waals surface area contributed by atoms with Crippen molar-refractivity contribution in [3.05, 3.63) is 30.5 Å². The molecule has 3 aromatic rings. The van der Waals surface area contributed by atoms with Gasteiger partial charge < -0.3 is 16.2 Å². The van der Waals surface area contributed by atoms with E-state index in [2.05, 4.69) is 25.5 Å². The van der Waals surface area contributed by atoms with Gasteiger partial charge in [0, 0.05) is 23.2 Å². The van der Waals surface area contributed by atoms with Gasteiger partial charge in [0.2, 0.25) is 5.95 Å². The Bertz CT molecular complexity index is 848. The van der Waals surface area contributed by atoms with E-state index in [4.69, 9.17) is 5.73 Å². The van der Waals surface area contributed by atoms with Gasteiger partial charge in [-0.1, -0.05) is 6.07 Å². The Kier molecular flexibility index (Phi) is 3.78. The van der Waals surface area contributed by atoms with Crippen LogP contribution in [-0.4, -0.2) is 37.4 Å². The zero-order valence-corrected chi connectivity index (χ0v) is 13.2. The summed E-state index contributed by atoms with van der Waals surface area (Å²) in [7, 11) is 0. The lowest BCUT2D eigenvalue weighted by Crippen LogP contribution is -2.30. The second kappa shape index (κ2) is 6.09. The van der Waals surface area contributed by atoms with Gasteiger partial charge >= 0.3 is 0 Å². The molecule has 0 bridgehead atoms. The number of hydrogen-bond donors (Lipinski definition) is 4. The molecule has 1 aliphatic carbocycles. The number of hydrogen-bond acceptors (Lipinski definition) is 6. The number of nitrogens with one attached hydrogen (secondary N) is 2. The van der Waals surface area contributed by atoms with Gasteiger partial charge in [-0.25, -0.2) is 4.98 Å². The number of aromatic amines is 1. The molecule has 0 spiro atoms. The van der Waals surface area contributed by atoms with Crippen LogP contribution in [0.2, 0.25) is 0 Å². The summed E-state index contributed by atoms with van der Waals surface area (Å²) in [5.41, 5.74) is 8.61. The van der Waals surface area contributed by atoms with Crippen LogP contribution in [0.3, 0.4) is 0 Å². The van der Waals surface area contributed by atoms with Gasteiger partial charge in [-0.2, -0.15) is 10.1 Å². The third-order valence-electron chi connectivity index (χ3n) is 4.51. The van der Waals surface area contributed by atoms with Crippen LogP contribution in [0.1, 0.15) is 25.7 Å². The molecular weight excluding hydrogens is 304 g/mol. The van der Waals surface area contributed by atoms with Gasteiger partial charge in [-0.15, -0.1) is 0 Å². The summed E-state index contributed by atoms with van der Waals surface area (Å²) < 4.78 is 0. The molecule has 2 aromatic heterocycles. The highest BCUT2D eigenvalue weighted by molar-refractivity contribution is 5.92. The number of nitrogens with zero attached hydrogens (tertiary/aromatic N) is 3. The minimum Gasteiger partial charge on any atom is -0.393 e. The van der Waals surface area contributed by atoms with Gasteiger partial charge in [-0.05, 0) is 43.9 Å². The first-order valence-electron chi connectivity index (χ1n) is 8.20. The Morgan fingerprint density at radius 2 is 2.12 bits per heavy atom. The van der Waals surface area contributed by atoms with Crippen molar-refractivity contribution >= 4 is 22.7 Å². The number of aromatic nitrogens is 4. The standard InChI is InChI=1S/C17H20N6O/c18-17-21-15-8-10(14-6-7-19-23-14)4-5-13(15)16(22-17)20-11-2-1-3-12(24)9-11/h4-8,11-12,24H,1-3,9H2,(H,19,23)(H3,18,20,21,22). The molecule has 2 heterocycles. The van der Waals surface area contributed by atoms with E-state index in [-0.39, 0.29) is 18.1 Å². The van der Waals surface area contributed by atoms with Crippen LogP contribution in [0, 0.1) is 0 Å². The van der Waals surface area contributed by atoms with Crippen LogP contribution < -0.4 is 11.1 Å². The maximum Gasteiger partial charge on any atom is 0.222 e. The van der Waals surface area contributed by atoms with Crippen molar-refractivity contribution in [3.8, 4) is 11.3 Å². The van der Waals surface area contributed by atoms with E-state index in [0.29, 0.717) is 0 Å². The van der Waals surface area contributed by atoms with Gasteiger partial charge in [0.25, 0.3) is 0 Å². The van der Waals surface area contributed by atoms with Crippen molar-refractivity contribution in [1.29, 1.82) is 0 Å². The average molecular weight is 324 g/mol. The highest BCUT2D eigenvalue weighted by atomic mass is 16.3. The van der Waals surface area contributed by atoms with E-state index in [1.807, 2.05) is 24.3 Å². The Balaban J connectivity index is 1.70. The zero-order valence-electron chi connectivity index (χ0n) is 13.2. The normalized spacial score (nSPS) is 21.0. The summed E-state index contributed by atoms with van der Waals surface area (Å²) in [4.78, 5) is 8.72. The van der Waals surface area contributed by atoms with E-state index < -0.39 is 0 Å². The molecule has 2 atom stereocenters. The molecule has 24 heavy (non-hydrogen) atoms. The number of benzene rings is 1. The Hall–Kier alpha value is -2.67. The lowest BCUT2D eigenvalue weighted by Gasteiger charge is -2.27. The molecule has 1 aromatic carbocycles. The molecule has 124 valence electrons. The SMILES string of the molecule is Nc1nc(NC2CCCC(O)C2)c2ccc(-c3ccn[nH]3)cc2n1. The van der Waals surface area contributed by atoms with E-state index >= 15 is 0 Å². The quantitative estimate of drug-likeness (QED) is 0.588. The maximum absolute atomic E-state index is 9.86. The summed E-state index contributed by atoms with van der Waals surface area (Å²) in [6.07, 6.45) is 5.12. The predicted octanol–water partition coefficient (Wildman–Crippen LogP) is 2.32. The van der Waals surface area contributed by atoms with E-state index in [0.717, 1.165) is 53.7 Å². The molecule has 0 amide bonds. The van der Waals surface area contributed by atoms with Gasteiger partial charge in [0.05, 0.1) is 17.3 Å². The molecule has 1 fully saturated rings. The Labute approximate surface area is 139 Å². The first-order valence-corrected chi connectivity index (χ1v) is 8.20. The summed E-state index contributed by atoms with van der Waals surface area (Å²) in [6, 6.07) is 8.09. The predicted molar refractivity (Wildman–Crippen MR) is 93.4 cm³/mol. The second-order valence-corrected chi connectivity index (χ2v) is 6.29. The summed E-state index contributed by atoms with van der Waals surface area (Å²) >= 11 is 0. The van der Waals surface area contributed by atoms with Crippen LogP contribution in [0.15, 0.2) is 30.5 Å². The fourth-order valence-corrected chi connectivity index (χ4v) is 3.33. The van der Waals surface area contributed by atoms with Crippen LogP contribution in [0.4, 0.5) is 11.8 Å². The van der Waals surface area contributed by atoms with Crippen LogP contribution in [0.5, 0.6) is 0 Å². The lowest BCUT2D eigenvalue weighted by molar-refractivity contribution is 0.124. The number of aliphatic hydroxyl groups excluding tert-OH is 1. The third-order valence-corrected chi connectivity index (χ3v) is 4.51. The van der Waals surface area contributed by atoms with Gasteiger partial charge in [0.1, 0.15) is 5.82 Å². The molecule has 4 rings (SSSR count). The highest BCUT2D eigenvalue weighted by Gasteiger charge is 2.21. The molecule has 5 N–H and O–H groups in total. The second-order valence-electron chi connectivity index (χ2n) is 6.29. The summed E-state index contributed by atoms with van der Waals surface area (Å²) in [5, 5.41) is 21.2. The zero-order chi connectivity index (χ0) is 16.5. The van der Waals surface area contributed by atoms with Crippen molar-refractivity contribution in [2.24, 2.45) is 0 Å². The summed E-state index contributed by atoms with van der Waals surface area (Å²) in [6.45, 7) is 0. The Morgan fingerprint density at radius 3 is 2.92 bits per heavy atom. The number of fused-ring (bicyclic) bond motifs is 1. The molecule has 7 nitrogen and oxygen atoms in total. The minimum atomic E-state index is -0.242. The monoisotopic (exact) mass is 324 g/mol. The molecule has 1 aliphatic rings. The molecule has 0 saturated heterocycles. The van der Waals surface area contributed by atoms with Crippen molar-refractivity contribution in [1.82, 2.24) is 20.2 Å². The number of aliphatic hydroxyl groups is 1. The molecular formula is C17H20N6O. The van der Waals surface area contributed by atoms with Crippen LogP contribution >= 0.6 is 0 Å². The number of nitrogens with two attached hydrogens (primary N) is 1. The van der Waals surface area contributed by atoms with Crippen molar-refractivity contribution in [2.45, 2.75) is 37.8 Å². The van der Waals surface area contributed by atoms with Crippen LogP contribution in [-0.2, 0) is 0 Å². The number of H-pyrrole nitrogens is 1. The van der Waals surface area contributed by atoms with E-state index in [9.17, 15) is 5.11 Å². The smallest absolute Gasteiger partial charge is 0.222 e. The largest absolute Gasteiger partial charge is 0.393 e. The molecule has 1 saturated carbocycles. The van der Waals surface area contributed by atoms with Gasteiger partial charge in [-0.3, -0.25) is 5.10 Å². The lowest BCUT2D eigenvalue weighted by atomic mass is 9.93. The number of nitrogen functional groups attached to an aromatic ring is 1. The van der Waals surface area contributed by atoms with Crippen molar-refractivity contribution in [2.75, 3.05) is 11.1 Å². The first-order chi connectivity index (χ1) is 11.7. The molecule has 7 heteroatoms. The molecule has 0 aliphatic heterocycles. The van der Waals surface area contributed by atoms with Crippen LogP contribution in [0.25, 0.3) is 22.2 Å². The summed E-state index contributed by atoms with van der Waals surface area (Å²) in [5.74, 6) is 0.968. The number of rotatable bonds is 3. The average Bonchev–Trinajstić information content (AvgIpc) is 3.08. The first kappa shape index (κ1) is 14.9. The Morgan fingerprint density at radius 1 is 1.21 bits per heavy atom. The maximum atomic E-state index is 9.86.